The standard InChI is InChI=1S/C21H21ClFN5O4/c1-10-17(13-4-6-14(22)7-5-13)32-19(25-10)11(2)26-20-24-8-15(23)18(27-20)28-16(12(3)29)9-31-21(28)30/h4-8,11-12,16,29H,9H2,1-3H3,(H,24,26,27)/t11-,12-,16-/m1/s1. The number of aliphatic hydroxyl groups is 1. The lowest BCUT2D eigenvalue weighted by molar-refractivity contribution is 0.142. The number of aliphatic hydroxyl groups excluding tert-OH is 1. The van der Waals surface area contributed by atoms with Crippen LogP contribution >= 0.6 is 11.6 Å². The van der Waals surface area contributed by atoms with Gasteiger partial charge >= 0.3 is 6.09 Å². The average molecular weight is 462 g/mol. The van der Waals surface area contributed by atoms with Gasteiger partial charge in [-0.3, -0.25) is 0 Å². The van der Waals surface area contributed by atoms with Crippen LogP contribution in [0.1, 0.15) is 31.5 Å². The summed E-state index contributed by atoms with van der Waals surface area (Å²) in [6.45, 7) is 5.03. The van der Waals surface area contributed by atoms with E-state index in [1.807, 2.05) is 19.1 Å². The number of benzene rings is 1. The van der Waals surface area contributed by atoms with Crippen LogP contribution in [0.3, 0.4) is 0 Å². The molecular formula is C21H21ClFN5O4. The zero-order valence-electron chi connectivity index (χ0n) is 17.5. The number of oxazole rings is 1. The molecule has 1 amide bonds. The first-order valence-electron chi connectivity index (χ1n) is 9.91. The van der Waals surface area contributed by atoms with Crippen LogP contribution < -0.4 is 10.2 Å². The fraction of sp³-hybridized carbons (Fsp3) is 0.333. The van der Waals surface area contributed by atoms with Crippen molar-refractivity contribution in [2.45, 2.75) is 39.0 Å². The minimum Gasteiger partial charge on any atom is -0.447 e. The Morgan fingerprint density at radius 1 is 1.28 bits per heavy atom. The van der Waals surface area contributed by atoms with Crippen LogP contribution in [0, 0.1) is 12.7 Å². The normalized spacial score (nSPS) is 17.9. The number of anilines is 2. The molecule has 32 heavy (non-hydrogen) atoms. The fourth-order valence-corrected chi connectivity index (χ4v) is 3.48. The number of nitrogens with one attached hydrogen (secondary N) is 1. The van der Waals surface area contributed by atoms with Gasteiger partial charge in [0.15, 0.2) is 17.4 Å². The molecule has 0 bridgehead atoms. The van der Waals surface area contributed by atoms with E-state index in [0.717, 1.165) is 16.7 Å². The van der Waals surface area contributed by atoms with Crippen LogP contribution in [-0.4, -0.2) is 44.9 Å². The number of ether oxygens (including phenoxy) is 1. The average Bonchev–Trinajstić information content (AvgIpc) is 3.33. The number of cyclic esters (lactones) is 1. The number of aromatic nitrogens is 3. The summed E-state index contributed by atoms with van der Waals surface area (Å²) < 4.78 is 25.3. The largest absolute Gasteiger partial charge is 0.447 e. The quantitative estimate of drug-likeness (QED) is 0.563. The van der Waals surface area contributed by atoms with Crippen molar-refractivity contribution >= 4 is 29.5 Å². The SMILES string of the molecule is Cc1nc([C@@H](C)Nc2ncc(F)c(N3C(=O)OC[C@@H]3[C@@H](C)O)n2)oc1-c1ccc(Cl)cc1. The van der Waals surface area contributed by atoms with Gasteiger partial charge in [-0.25, -0.2) is 24.1 Å². The summed E-state index contributed by atoms with van der Waals surface area (Å²) in [5.74, 6) is -0.0601. The number of halogens is 2. The predicted octanol–water partition coefficient (Wildman–Crippen LogP) is 4.11. The van der Waals surface area contributed by atoms with Gasteiger partial charge in [-0.2, -0.15) is 4.98 Å². The highest BCUT2D eigenvalue weighted by Gasteiger charge is 2.39. The highest BCUT2D eigenvalue weighted by Crippen LogP contribution is 2.30. The maximum Gasteiger partial charge on any atom is 0.416 e. The Labute approximate surface area is 188 Å². The molecule has 3 aromatic rings. The smallest absolute Gasteiger partial charge is 0.416 e. The van der Waals surface area contributed by atoms with Gasteiger partial charge in [0.05, 0.1) is 18.0 Å². The van der Waals surface area contributed by atoms with E-state index >= 15 is 0 Å². The Bertz CT molecular complexity index is 1140. The number of carbonyl (C=O) groups is 1. The Hall–Kier alpha value is -3.24. The highest BCUT2D eigenvalue weighted by molar-refractivity contribution is 6.30. The molecule has 1 aliphatic heterocycles. The van der Waals surface area contributed by atoms with Crippen molar-refractivity contribution < 1.29 is 23.4 Å². The van der Waals surface area contributed by atoms with Crippen LogP contribution in [0.2, 0.25) is 5.02 Å². The molecule has 0 spiro atoms. The van der Waals surface area contributed by atoms with Gasteiger partial charge in [0.1, 0.15) is 18.7 Å². The van der Waals surface area contributed by atoms with Gasteiger partial charge in [-0.15, -0.1) is 0 Å². The number of hydrogen-bond donors (Lipinski definition) is 2. The van der Waals surface area contributed by atoms with Gasteiger partial charge in [0, 0.05) is 10.6 Å². The molecule has 4 rings (SSSR count). The Morgan fingerprint density at radius 2 is 2.00 bits per heavy atom. The van der Waals surface area contributed by atoms with E-state index in [2.05, 4.69) is 20.3 Å². The molecule has 9 nitrogen and oxygen atoms in total. The second-order valence-electron chi connectivity index (χ2n) is 7.46. The molecule has 1 aromatic carbocycles. The number of nitrogens with zero attached hydrogens (tertiary/aromatic N) is 4. The van der Waals surface area contributed by atoms with Crippen molar-refractivity contribution in [3.63, 3.8) is 0 Å². The van der Waals surface area contributed by atoms with Crippen LogP contribution in [0.25, 0.3) is 11.3 Å². The summed E-state index contributed by atoms with van der Waals surface area (Å²) in [4.78, 5) is 25.6. The lowest BCUT2D eigenvalue weighted by Gasteiger charge is -2.23. The molecule has 0 saturated carbocycles. The summed E-state index contributed by atoms with van der Waals surface area (Å²) in [5.41, 5.74) is 1.52. The fourth-order valence-electron chi connectivity index (χ4n) is 3.36. The number of aryl methyl sites for hydroxylation is 1. The van der Waals surface area contributed by atoms with Crippen molar-refractivity contribution in [1.29, 1.82) is 0 Å². The van der Waals surface area contributed by atoms with E-state index in [1.165, 1.54) is 6.92 Å². The van der Waals surface area contributed by atoms with E-state index in [-0.39, 0.29) is 18.4 Å². The van der Waals surface area contributed by atoms with Crippen molar-refractivity contribution in [3.05, 3.63) is 52.9 Å². The summed E-state index contributed by atoms with van der Waals surface area (Å²) in [6, 6.07) is 5.97. The Morgan fingerprint density at radius 3 is 2.69 bits per heavy atom. The zero-order valence-corrected chi connectivity index (χ0v) is 18.3. The van der Waals surface area contributed by atoms with Crippen molar-refractivity contribution in [2.24, 2.45) is 0 Å². The first kappa shape index (κ1) is 22.0. The van der Waals surface area contributed by atoms with E-state index in [9.17, 15) is 14.3 Å². The van der Waals surface area contributed by atoms with Crippen molar-refractivity contribution in [1.82, 2.24) is 15.0 Å². The van der Waals surface area contributed by atoms with Crippen LogP contribution in [0.4, 0.5) is 21.0 Å². The van der Waals surface area contributed by atoms with Crippen molar-refractivity contribution in [3.8, 4) is 11.3 Å². The molecular weight excluding hydrogens is 441 g/mol. The maximum atomic E-state index is 14.4. The second-order valence-corrected chi connectivity index (χ2v) is 7.90. The number of rotatable bonds is 6. The van der Waals surface area contributed by atoms with Crippen LogP contribution in [0.15, 0.2) is 34.9 Å². The maximum absolute atomic E-state index is 14.4. The molecule has 1 aliphatic rings. The minimum absolute atomic E-state index is 0.0573. The lowest BCUT2D eigenvalue weighted by Crippen LogP contribution is -2.42. The summed E-state index contributed by atoms with van der Waals surface area (Å²) in [7, 11) is 0. The Balaban J connectivity index is 1.57. The van der Waals surface area contributed by atoms with Gasteiger partial charge in [0.2, 0.25) is 11.8 Å². The molecule has 1 saturated heterocycles. The zero-order chi connectivity index (χ0) is 23.0. The van der Waals surface area contributed by atoms with Crippen LogP contribution in [0.5, 0.6) is 0 Å². The number of carbonyl (C=O) groups excluding carboxylic acids is 1. The van der Waals surface area contributed by atoms with E-state index in [0.29, 0.717) is 22.4 Å². The third kappa shape index (κ3) is 4.23. The molecule has 11 heteroatoms. The van der Waals surface area contributed by atoms with Gasteiger partial charge < -0.3 is 19.6 Å². The molecule has 0 aliphatic carbocycles. The van der Waals surface area contributed by atoms with Crippen molar-refractivity contribution in [2.75, 3.05) is 16.8 Å². The van der Waals surface area contributed by atoms with Gasteiger partial charge in [-0.05, 0) is 45.0 Å². The third-order valence-corrected chi connectivity index (χ3v) is 5.30. The molecule has 0 unspecified atom stereocenters. The summed E-state index contributed by atoms with van der Waals surface area (Å²) >= 11 is 5.95. The lowest BCUT2D eigenvalue weighted by atomic mass is 10.1. The van der Waals surface area contributed by atoms with Crippen LogP contribution in [-0.2, 0) is 4.74 Å². The molecule has 2 aromatic heterocycles. The topological polar surface area (TPSA) is 114 Å². The monoisotopic (exact) mass is 461 g/mol. The summed E-state index contributed by atoms with van der Waals surface area (Å²) in [6.07, 6.45) is -0.779. The molecule has 3 atom stereocenters. The second kappa shape index (κ2) is 8.71. The molecule has 2 N–H and O–H groups in total. The number of amides is 1. The number of hydrogen-bond acceptors (Lipinski definition) is 8. The van der Waals surface area contributed by atoms with E-state index in [1.54, 1.807) is 19.1 Å². The predicted molar refractivity (Wildman–Crippen MR) is 115 cm³/mol. The molecule has 3 heterocycles. The van der Waals surface area contributed by atoms with Gasteiger partial charge in [0.25, 0.3) is 0 Å². The van der Waals surface area contributed by atoms with Gasteiger partial charge in [-0.1, -0.05) is 11.6 Å². The third-order valence-electron chi connectivity index (χ3n) is 5.05. The Kier molecular flexibility index (Phi) is 5.98. The summed E-state index contributed by atoms with van der Waals surface area (Å²) in [5, 5.41) is 13.5. The van der Waals surface area contributed by atoms with E-state index < -0.39 is 30.1 Å². The molecule has 0 radical (unpaired) electrons. The molecule has 168 valence electrons. The molecule has 1 fully saturated rings. The first-order valence-corrected chi connectivity index (χ1v) is 10.3. The first-order chi connectivity index (χ1) is 15.2. The highest BCUT2D eigenvalue weighted by atomic mass is 35.5. The minimum atomic E-state index is -0.937. The van der Waals surface area contributed by atoms with E-state index in [4.69, 9.17) is 20.8 Å².